The van der Waals surface area contributed by atoms with Crippen molar-refractivity contribution in [1.82, 2.24) is 0 Å². The number of hydrogen-bond donors (Lipinski definition) is 1. The van der Waals surface area contributed by atoms with E-state index >= 15 is 0 Å². The third kappa shape index (κ3) is 2.81. The molecule has 1 aromatic rings. The maximum Gasteiger partial charge on any atom is 0.226 e. The zero-order valence-corrected chi connectivity index (χ0v) is 12.1. The molecule has 1 amide bonds. The van der Waals surface area contributed by atoms with Crippen LogP contribution in [0.15, 0.2) is 18.2 Å². The molecule has 2 unspecified atom stereocenters. The number of amides is 1. The molecule has 0 aliphatic carbocycles. The van der Waals surface area contributed by atoms with Gasteiger partial charge in [0.25, 0.3) is 0 Å². The fourth-order valence-electron chi connectivity index (χ4n) is 2.81. The van der Waals surface area contributed by atoms with Crippen molar-refractivity contribution in [2.75, 3.05) is 4.90 Å². The molecule has 0 aromatic heterocycles. The SMILES string of the molecule is CCC(=O)N1c2ccc(CC(N)CC)cc2CC1C. The van der Waals surface area contributed by atoms with Gasteiger partial charge in [0.1, 0.15) is 0 Å². The summed E-state index contributed by atoms with van der Waals surface area (Å²) in [6.07, 6.45) is 3.43. The molecule has 0 saturated heterocycles. The fourth-order valence-corrected chi connectivity index (χ4v) is 2.81. The summed E-state index contributed by atoms with van der Waals surface area (Å²) in [5.41, 5.74) is 9.67. The van der Waals surface area contributed by atoms with Crippen molar-refractivity contribution in [3.63, 3.8) is 0 Å². The first-order chi connectivity index (χ1) is 9.06. The van der Waals surface area contributed by atoms with E-state index in [1.54, 1.807) is 0 Å². The average molecular weight is 260 g/mol. The smallest absolute Gasteiger partial charge is 0.226 e. The summed E-state index contributed by atoms with van der Waals surface area (Å²) in [4.78, 5) is 13.9. The maximum absolute atomic E-state index is 12.0. The van der Waals surface area contributed by atoms with E-state index in [-0.39, 0.29) is 18.0 Å². The van der Waals surface area contributed by atoms with Crippen LogP contribution in [0.2, 0.25) is 0 Å². The van der Waals surface area contributed by atoms with E-state index in [0.717, 1.165) is 24.9 Å². The van der Waals surface area contributed by atoms with Crippen LogP contribution in [0.4, 0.5) is 5.69 Å². The number of benzene rings is 1. The normalized spacial score (nSPS) is 19.4. The van der Waals surface area contributed by atoms with Crippen molar-refractivity contribution in [2.45, 2.75) is 58.5 Å². The number of nitrogens with zero attached hydrogens (tertiary/aromatic N) is 1. The Morgan fingerprint density at radius 3 is 2.84 bits per heavy atom. The standard InChI is InChI=1S/C16H24N2O/c1-4-14(17)10-12-6-7-15-13(9-12)8-11(3)18(15)16(19)5-2/h6-7,9,11,14H,4-5,8,10,17H2,1-3H3. The van der Waals surface area contributed by atoms with Gasteiger partial charge in [-0.25, -0.2) is 0 Å². The first kappa shape index (κ1) is 14.1. The molecule has 104 valence electrons. The van der Waals surface area contributed by atoms with Gasteiger partial charge in [-0.05, 0) is 43.4 Å². The van der Waals surface area contributed by atoms with Gasteiger partial charge in [0.05, 0.1) is 0 Å². The molecular formula is C16H24N2O. The number of hydrogen-bond acceptors (Lipinski definition) is 2. The Hall–Kier alpha value is -1.35. The lowest BCUT2D eigenvalue weighted by Crippen LogP contribution is -2.35. The van der Waals surface area contributed by atoms with Crippen LogP contribution in [0, 0.1) is 0 Å². The van der Waals surface area contributed by atoms with Crippen molar-refractivity contribution < 1.29 is 4.79 Å². The van der Waals surface area contributed by atoms with Crippen LogP contribution >= 0.6 is 0 Å². The van der Waals surface area contributed by atoms with Crippen molar-refractivity contribution in [3.05, 3.63) is 29.3 Å². The molecule has 0 radical (unpaired) electrons. The Morgan fingerprint density at radius 1 is 1.47 bits per heavy atom. The fraction of sp³-hybridized carbons (Fsp3) is 0.562. The highest BCUT2D eigenvalue weighted by atomic mass is 16.2. The molecule has 3 nitrogen and oxygen atoms in total. The van der Waals surface area contributed by atoms with Gasteiger partial charge in [0, 0.05) is 24.2 Å². The van der Waals surface area contributed by atoms with E-state index in [1.807, 2.05) is 11.8 Å². The van der Waals surface area contributed by atoms with E-state index in [0.29, 0.717) is 6.42 Å². The van der Waals surface area contributed by atoms with Gasteiger partial charge < -0.3 is 10.6 Å². The number of nitrogens with two attached hydrogens (primary N) is 1. The monoisotopic (exact) mass is 260 g/mol. The highest BCUT2D eigenvalue weighted by Gasteiger charge is 2.29. The molecule has 1 aromatic carbocycles. The Kier molecular flexibility index (Phi) is 4.25. The molecule has 0 fully saturated rings. The first-order valence-electron chi connectivity index (χ1n) is 7.26. The summed E-state index contributed by atoms with van der Waals surface area (Å²) in [6, 6.07) is 6.93. The summed E-state index contributed by atoms with van der Waals surface area (Å²) in [7, 11) is 0. The number of carbonyl (C=O) groups excluding carboxylic acids is 1. The van der Waals surface area contributed by atoms with Crippen molar-refractivity contribution in [2.24, 2.45) is 5.73 Å². The summed E-state index contributed by atoms with van der Waals surface area (Å²) in [6.45, 7) is 6.15. The zero-order valence-electron chi connectivity index (χ0n) is 12.1. The zero-order chi connectivity index (χ0) is 14.0. The quantitative estimate of drug-likeness (QED) is 0.904. The second-order valence-electron chi connectivity index (χ2n) is 5.51. The first-order valence-corrected chi connectivity index (χ1v) is 7.26. The second-order valence-corrected chi connectivity index (χ2v) is 5.51. The van der Waals surface area contributed by atoms with E-state index in [2.05, 4.69) is 32.0 Å². The van der Waals surface area contributed by atoms with Gasteiger partial charge in [-0.15, -0.1) is 0 Å². The Balaban J connectivity index is 2.24. The van der Waals surface area contributed by atoms with Crippen molar-refractivity contribution in [3.8, 4) is 0 Å². The van der Waals surface area contributed by atoms with Gasteiger partial charge in [-0.3, -0.25) is 4.79 Å². The molecule has 0 saturated carbocycles. The molecular weight excluding hydrogens is 236 g/mol. The maximum atomic E-state index is 12.0. The second kappa shape index (κ2) is 5.74. The predicted molar refractivity (Wildman–Crippen MR) is 79.4 cm³/mol. The van der Waals surface area contributed by atoms with E-state index in [4.69, 9.17) is 5.73 Å². The van der Waals surface area contributed by atoms with E-state index in [1.165, 1.54) is 11.1 Å². The lowest BCUT2D eigenvalue weighted by molar-refractivity contribution is -0.118. The Morgan fingerprint density at radius 2 is 2.21 bits per heavy atom. The molecule has 0 bridgehead atoms. The molecule has 1 aliphatic rings. The number of fused-ring (bicyclic) bond motifs is 1. The third-order valence-electron chi connectivity index (χ3n) is 3.95. The molecule has 1 heterocycles. The number of rotatable bonds is 4. The predicted octanol–water partition coefficient (Wildman–Crippen LogP) is 2.65. The number of carbonyl (C=O) groups is 1. The highest BCUT2D eigenvalue weighted by Crippen LogP contribution is 2.33. The largest absolute Gasteiger partial charge is 0.327 e. The lowest BCUT2D eigenvalue weighted by Gasteiger charge is -2.22. The molecule has 1 aliphatic heterocycles. The number of anilines is 1. The van der Waals surface area contributed by atoms with Crippen LogP contribution in [-0.2, 0) is 17.6 Å². The van der Waals surface area contributed by atoms with Crippen LogP contribution in [-0.4, -0.2) is 18.0 Å². The van der Waals surface area contributed by atoms with Crippen LogP contribution in [0.5, 0.6) is 0 Å². The Bertz CT molecular complexity index is 470. The summed E-state index contributed by atoms with van der Waals surface area (Å²) >= 11 is 0. The minimum absolute atomic E-state index is 0.212. The Labute approximate surface area is 115 Å². The van der Waals surface area contributed by atoms with Gasteiger partial charge in [0.2, 0.25) is 5.91 Å². The molecule has 19 heavy (non-hydrogen) atoms. The van der Waals surface area contributed by atoms with Gasteiger partial charge >= 0.3 is 0 Å². The molecule has 0 spiro atoms. The lowest BCUT2D eigenvalue weighted by atomic mass is 10.0. The van der Waals surface area contributed by atoms with Crippen LogP contribution in [0.25, 0.3) is 0 Å². The molecule has 2 atom stereocenters. The molecule has 2 N–H and O–H groups in total. The van der Waals surface area contributed by atoms with Crippen LogP contribution in [0.3, 0.4) is 0 Å². The minimum atomic E-state index is 0.212. The van der Waals surface area contributed by atoms with Crippen molar-refractivity contribution in [1.29, 1.82) is 0 Å². The summed E-state index contributed by atoms with van der Waals surface area (Å²) < 4.78 is 0. The average Bonchev–Trinajstić information content (AvgIpc) is 2.72. The molecule has 3 heteroatoms. The van der Waals surface area contributed by atoms with Crippen LogP contribution < -0.4 is 10.6 Å². The highest BCUT2D eigenvalue weighted by molar-refractivity contribution is 5.96. The van der Waals surface area contributed by atoms with Crippen molar-refractivity contribution >= 4 is 11.6 Å². The van der Waals surface area contributed by atoms with Gasteiger partial charge in [-0.1, -0.05) is 26.0 Å². The third-order valence-corrected chi connectivity index (χ3v) is 3.95. The van der Waals surface area contributed by atoms with Crippen LogP contribution in [0.1, 0.15) is 44.7 Å². The van der Waals surface area contributed by atoms with Gasteiger partial charge in [-0.2, -0.15) is 0 Å². The summed E-state index contributed by atoms with van der Waals surface area (Å²) in [5.74, 6) is 0.212. The van der Waals surface area contributed by atoms with Gasteiger partial charge in [0.15, 0.2) is 0 Å². The summed E-state index contributed by atoms with van der Waals surface area (Å²) in [5, 5.41) is 0. The van der Waals surface area contributed by atoms with E-state index < -0.39 is 0 Å². The topological polar surface area (TPSA) is 46.3 Å². The molecule has 2 rings (SSSR count). The minimum Gasteiger partial charge on any atom is -0.327 e. The van der Waals surface area contributed by atoms with E-state index in [9.17, 15) is 4.79 Å².